The summed E-state index contributed by atoms with van der Waals surface area (Å²) in [5.74, 6) is 1.67. The van der Waals surface area contributed by atoms with E-state index in [4.69, 9.17) is 0 Å². The van der Waals surface area contributed by atoms with Gasteiger partial charge in [0.15, 0.2) is 0 Å². The highest BCUT2D eigenvalue weighted by Crippen LogP contribution is 2.43. The Hall–Kier alpha value is 0.140. The van der Waals surface area contributed by atoms with Gasteiger partial charge in [0.05, 0.1) is 0 Å². The van der Waals surface area contributed by atoms with Gasteiger partial charge in [-0.3, -0.25) is 0 Å². The first-order chi connectivity index (χ1) is 9.35. The molecule has 0 radical (unpaired) electrons. The van der Waals surface area contributed by atoms with E-state index in [1.807, 2.05) is 11.3 Å². The van der Waals surface area contributed by atoms with Gasteiger partial charge in [0.25, 0.3) is 0 Å². The molecule has 114 valence electrons. The predicted molar refractivity (Wildman–Crippen MR) is 93.5 cm³/mol. The Labute approximate surface area is 136 Å². The molecule has 1 saturated carbocycles. The summed E-state index contributed by atoms with van der Waals surface area (Å²) in [6, 6.07) is 2.90. The third kappa shape index (κ3) is 4.85. The molecule has 1 N–H and O–H groups in total. The van der Waals surface area contributed by atoms with Crippen LogP contribution < -0.4 is 5.32 Å². The smallest absolute Gasteiger partial charge is 0.0285 e. The standard InChI is InChI=1S/C17H28BrNS/c1-12(2)19-10-13-5-6-17(3,4)9-14(13)7-16-8-15(18)11-20-16/h8,11-14,19H,5-7,9-10H2,1-4H3. The fourth-order valence-corrected chi connectivity index (χ4v) is 4.95. The Kier molecular flexibility index (Phi) is 5.72. The molecule has 2 unspecified atom stereocenters. The lowest BCUT2D eigenvalue weighted by Gasteiger charge is -2.41. The number of halogens is 1. The lowest BCUT2D eigenvalue weighted by atomic mass is 9.66. The Morgan fingerprint density at radius 3 is 2.75 bits per heavy atom. The van der Waals surface area contributed by atoms with Crippen LogP contribution >= 0.6 is 27.3 Å². The number of hydrogen-bond donors (Lipinski definition) is 1. The van der Waals surface area contributed by atoms with Crippen molar-refractivity contribution in [2.45, 2.75) is 59.4 Å². The Balaban J connectivity index is 2.01. The second kappa shape index (κ2) is 6.93. The molecule has 3 heteroatoms. The van der Waals surface area contributed by atoms with Gasteiger partial charge in [-0.2, -0.15) is 0 Å². The molecule has 20 heavy (non-hydrogen) atoms. The van der Waals surface area contributed by atoms with Crippen LogP contribution in [0.2, 0.25) is 0 Å². The van der Waals surface area contributed by atoms with Gasteiger partial charge in [-0.15, -0.1) is 11.3 Å². The van der Waals surface area contributed by atoms with Gasteiger partial charge in [0, 0.05) is 20.8 Å². The average Bonchev–Trinajstić information content (AvgIpc) is 2.72. The van der Waals surface area contributed by atoms with Crippen LogP contribution in [0, 0.1) is 17.3 Å². The fraction of sp³-hybridized carbons (Fsp3) is 0.765. The van der Waals surface area contributed by atoms with Crippen LogP contribution in [0.5, 0.6) is 0 Å². The summed E-state index contributed by atoms with van der Waals surface area (Å²) in [5, 5.41) is 5.87. The molecule has 1 fully saturated rings. The largest absolute Gasteiger partial charge is 0.314 e. The van der Waals surface area contributed by atoms with Crippen LogP contribution in [0.3, 0.4) is 0 Å². The Morgan fingerprint density at radius 2 is 2.15 bits per heavy atom. The Bertz CT molecular complexity index is 422. The molecule has 2 atom stereocenters. The zero-order valence-corrected chi connectivity index (χ0v) is 15.6. The summed E-state index contributed by atoms with van der Waals surface area (Å²) in [5.41, 5.74) is 0.521. The lowest BCUT2D eigenvalue weighted by Crippen LogP contribution is -2.38. The maximum atomic E-state index is 3.66. The molecule has 1 aromatic heterocycles. The molecule has 1 aliphatic carbocycles. The van der Waals surface area contributed by atoms with Crippen molar-refractivity contribution in [3.05, 3.63) is 20.8 Å². The minimum Gasteiger partial charge on any atom is -0.314 e. The quantitative estimate of drug-likeness (QED) is 0.733. The van der Waals surface area contributed by atoms with Crippen molar-refractivity contribution >= 4 is 27.3 Å². The van der Waals surface area contributed by atoms with Gasteiger partial charge in [-0.05, 0) is 71.5 Å². The molecule has 0 spiro atoms. The summed E-state index contributed by atoms with van der Waals surface area (Å²) >= 11 is 5.48. The van der Waals surface area contributed by atoms with E-state index in [-0.39, 0.29) is 0 Å². The van der Waals surface area contributed by atoms with Crippen LogP contribution in [0.1, 0.15) is 51.8 Å². The zero-order valence-electron chi connectivity index (χ0n) is 13.2. The summed E-state index contributed by atoms with van der Waals surface area (Å²) in [6.45, 7) is 10.6. The molecule has 1 aromatic rings. The molecule has 0 aliphatic heterocycles. The molecule has 0 amide bonds. The highest BCUT2D eigenvalue weighted by Gasteiger charge is 2.34. The second-order valence-corrected chi connectivity index (χ2v) is 9.34. The van der Waals surface area contributed by atoms with Crippen molar-refractivity contribution in [1.29, 1.82) is 0 Å². The monoisotopic (exact) mass is 357 g/mol. The lowest BCUT2D eigenvalue weighted by molar-refractivity contribution is 0.115. The third-order valence-electron chi connectivity index (χ3n) is 4.55. The minimum absolute atomic E-state index is 0.521. The molecule has 1 heterocycles. The van der Waals surface area contributed by atoms with E-state index in [0.717, 1.165) is 11.8 Å². The fourth-order valence-electron chi connectivity index (χ4n) is 3.40. The summed E-state index contributed by atoms with van der Waals surface area (Å²) in [4.78, 5) is 1.54. The Morgan fingerprint density at radius 1 is 1.40 bits per heavy atom. The van der Waals surface area contributed by atoms with E-state index in [1.54, 1.807) is 0 Å². The third-order valence-corrected chi connectivity index (χ3v) is 6.27. The molecule has 1 nitrogen and oxygen atoms in total. The van der Waals surface area contributed by atoms with Crippen molar-refractivity contribution in [3.8, 4) is 0 Å². The van der Waals surface area contributed by atoms with Crippen molar-refractivity contribution in [3.63, 3.8) is 0 Å². The van der Waals surface area contributed by atoms with Gasteiger partial charge in [-0.25, -0.2) is 0 Å². The van der Waals surface area contributed by atoms with Gasteiger partial charge < -0.3 is 5.32 Å². The van der Waals surface area contributed by atoms with Crippen molar-refractivity contribution < 1.29 is 0 Å². The summed E-state index contributed by atoms with van der Waals surface area (Å²) < 4.78 is 1.24. The van der Waals surface area contributed by atoms with Crippen molar-refractivity contribution in [2.24, 2.45) is 17.3 Å². The first kappa shape index (κ1) is 16.5. The molecule has 0 aromatic carbocycles. The highest BCUT2D eigenvalue weighted by molar-refractivity contribution is 9.10. The van der Waals surface area contributed by atoms with Crippen LogP contribution in [-0.4, -0.2) is 12.6 Å². The molecular formula is C17H28BrNS. The van der Waals surface area contributed by atoms with Crippen molar-refractivity contribution in [1.82, 2.24) is 5.32 Å². The molecule has 0 saturated heterocycles. The molecule has 1 aliphatic rings. The normalized spacial score (nSPS) is 26.1. The van der Waals surface area contributed by atoms with Crippen LogP contribution in [0.15, 0.2) is 15.9 Å². The first-order valence-electron chi connectivity index (χ1n) is 7.82. The highest BCUT2D eigenvalue weighted by atomic mass is 79.9. The maximum Gasteiger partial charge on any atom is 0.0285 e. The van der Waals surface area contributed by atoms with Gasteiger partial charge in [-0.1, -0.05) is 27.7 Å². The predicted octanol–water partition coefficient (Wildman–Crippen LogP) is 5.49. The maximum absolute atomic E-state index is 3.66. The SMILES string of the molecule is CC(C)NCC1CCC(C)(C)CC1Cc1cc(Br)cs1. The van der Waals surface area contributed by atoms with Crippen molar-refractivity contribution in [2.75, 3.05) is 6.54 Å². The van der Waals surface area contributed by atoms with Gasteiger partial charge >= 0.3 is 0 Å². The van der Waals surface area contributed by atoms with Gasteiger partial charge in [0.1, 0.15) is 0 Å². The van der Waals surface area contributed by atoms with E-state index in [0.29, 0.717) is 11.5 Å². The van der Waals surface area contributed by atoms with E-state index < -0.39 is 0 Å². The van der Waals surface area contributed by atoms with Crippen LogP contribution in [0.4, 0.5) is 0 Å². The number of thiophene rings is 1. The average molecular weight is 358 g/mol. The first-order valence-corrected chi connectivity index (χ1v) is 9.49. The second-order valence-electron chi connectivity index (χ2n) is 7.43. The minimum atomic E-state index is 0.521. The molecule has 2 rings (SSSR count). The molecular weight excluding hydrogens is 330 g/mol. The van der Waals surface area contributed by atoms with Crippen LogP contribution in [-0.2, 0) is 6.42 Å². The van der Waals surface area contributed by atoms with E-state index in [2.05, 4.69) is 60.4 Å². The summed E-state index contributed by atoms with van der Waals surface area (Å²) in [6.07, 6.45) is 5.38. The number of rotatable bonds is 5. The molecule has 0 bridgehead atoms. The van der Waals surface area contributed by atoms with Gasteiger partial charge in [0.2, 0.25) is 0 Å². The van der Waals surface area contributed by atoms with E-state index in [9.17, 15) is 0 Å². The topological polar surface area (TPSA) is 12.0 Å². The van der Waals surface area contributed by atoms with Crippen LogP contribution in [0.25, 0.3) is 0 Å². The number of nitrogens with one attached hydrogen (secondary N) is 1. The summed E-state index contributed by atoms with van der Waals surface area (Å²) in [7, 11) is 0. The van der Waals surface area contributed by atoms with E-state index in [1.165, 1.54) is 41.6 Å². The number of hydrogen-bond acceptors (Lipinski definition) is 2. The van der Waals surface area contributed by atoms with E-state index >= 15 is 0 Å². The zero-order chi connectivity index (χ0) is 14.8.